The van der Waals surface area contributed by atoms with E-state index in [9.17, 15) is 14.4 Å². The molecule has 0 spiro atoms. The van der Waals surface area contributed by atoms with Crippen LogP contribution in [0.4, 0.5) is 0 Å². The number of unbranched alkanes of at least 4 members (excludes halogenated alkanes) is 4. The molecule has 0 atom stereocenters. The van der Waals surface area contributed by atoms with E-state index in [1.807, 2.05) is 0 Å². The predicted octanol–water partition coefficient (Wildman–Crippen LogP) is 4.34. The molecule has 1 N–H and O–H groups in total. The number of esters is 1. The third kappa shape index (κ3) is 5.69. The summed E-state index contributed by atoms with van der Waals surface area (Å²) in [6.45, 7) is 7.81. The van der Waals surface area contributed by atoms with Gasteiger partial charge in [0.1, 0.15) is 5.69 Å². The zero-order chi connectivity index (χ0) is 20.7. The minimum atomic E-state index is -0.454. The number of carbonyl (C=O) groups is 3. The van der Waals surface area contributed by atoms with Crippen LogP contribution in [0, 0.1) is 13.8 Å². The Balaban J connectivity index is 2.03. The molecule has 1 heterocycles. The summed E-state index contributed by atoms with van der Waals surface area (Å²) in [6, 6.07) is 0.191. The molecular weight excluding hydrogens is 356 g/mol. The molecule has 0 aromatic carbocycles. The number of H-pyrrole nitrogens is 1. The Labute approximate surface area is 168 Å². The molecule has 0 unspecified atom stereocenters. The van der Waals surface area contributed by atoms with E-state index < -0.39 is 5.97 Å². The molecule has 2 rings (SSSR count). The molecule has 1 aliphatic carbocycles. The van der Waals surface area contributed by atoms with Crippen LogP contribution < -0.4 is 0 Å². The molecule has 0 aliphatic heterocycles. The molecule has 6 nitrogen and oxygen atoms in total. The van der Waals surface area contributed by atoms with Gasteiger partial charge in [-0.25, -0.2) is 4.79 Å². The van der Waals surface area contributed by atoms with Gasteiger partial charge in [-0.1, -0.05) is 32.6 Å². The Hall–Kier alpha value is -2.11. The highest BCUT2D eigenvalue weighted by atomic mass is 16.5. The summed E-state index contributed by atoms with van der Waals surface area (Å²) in [5.74, 6) is -0.499. The number of aromatic amines is 1. The average Bonchev–Trinajstić information content (AvgIpc) is 3.44. The number of nitrogens with zero attached hydrogens (tertiary/aromatic N) is 1. The minimum Gasteiger partial charge on any atom is -0.461 e. The van der Waals surface area contributed by atoms with Crippen LogP contribution in [0.15, 0.2) is 0 Å². The van der Waals surface area contributed by atoms with Gasteiger partial charge in [0, 0.05) is 23.7 Å². The van der Waals surface area contributed by atoms with Crippen LogP contribution >= 0.6 is 0 Å². The lowest BCUT2D eigenvalue weighted by atomic mass is 10.0. The van der Waals surface area contributed by atoms with E-state index in [0.717, 1.165) is 32.1 Å². The van der Waals surface area contributed by atoms with Gasteiger partial charge >= 0.3 is 5.97 Å². The smallest absolute Gasteiger partial charge is 0.355 e. The van der Waals surface area contributed by atoms with E-state index >= 15 is 0 Å². The van der Waals surface area contributed by atoms with Crippen LogP contribution in [0.25, 0.3) is 0 Å². The molecule has 0 bridgehead atoms. The third-order valence-corrected chi connectivity index (χ3v) is 5.31. The van der Waals surface area contributed by atoms with Crippen molar-refractivity contribution < 1.29 is 19.1 Å². The van der Waals surface area contributed by atoms with E-state index in [1.54, 1.807) is 25.7 Å². The Bertz CT molecular complexity index is 704. The van der Waals surface area contributed by atoms with Gasteiger partial charge in [-0.3, -0.25) is 9.59 Å². The van der Waals surface area contributed by atoms with Crippen molar-refractivity contribution in [2.45, 2.75) is 85.1 Å². The largest absolute Gasteiger partial charge is 0.461 e. The Morgan fingerprint density at radius 1 is 1.07 bits per heavy atom. The second kappa shape index (κ2) is 10.4. The van der Waals surface area contributed by atoms with Crippen molar-refractivity contribution in [3.05, 3.63) is 22.5 Å². The zero-order valence-electron chi connectivity index (χ0n) is 17.7. The zero-order valence-corrected chi connectivity index (χ0v) is 17.7. The van der Waals surface area contributed by atoms with Crippen molar-refractivity contribution in [1.29, 1.82) is 0 Å². The molecule has 1 fully saturated rings. The maximum absolute atomic E-state index is 13.0. The summed E-state index contributed by atoms with van der Waals surface area (Å²) >= 11 is 0. The number of rotatable bonds is 12. The second-order valence-electron chi connectivity index (χ2n) is 7.69. The normalized spacial score (nSPS) is 13.4. The van der Waals surface area contributed by atoms with Gasteiger partial charge < -0.3 is 14.6 Å². The van der Waals surface area contributed by atoms with Gasteiger partial charge in [-0.2, -0.15) is 0 Å². The highest BCUT2D eigenvalue weighted by Crippen LogP contribution is 2.29. The molecule has 1 amide bonds. The molecule has 1 saturated carbocycles. The van der Waals surface area contributed by atoms with Crippen molar-refractivity contribution in [2.24, 2.45) is 0 Å². The van der Waals surface area contributed by atoms with E-state index in [-0.39, 0.29) is 30.9 Å². The Kier molecular flexibility index (Phi) is 8.27. The molecule has 156 valence electrons. The van der Waals surface area contributed by atoms with Crippen molar-refractivity contribution in [1.82, 2.24) is 9.88 Å². The lowest BCUT2D eigenvalue weighted by Gasteiger charge is -2.22. The number of aryl methyl sites for hydroxylation is 1. The van der Waals surface area contributed by atoms with Crippen molar-refractivity contribution >= 4 is 17.7 Å². The summed E-state index contributed by atoms with van der Waals surface area (Å²) in [6.07, 6.45) is 7.92. The molecule has 1 aromatic rings. The number of ether oxygens (including phenoxy) is 1. The number of hydrogen-bond acceptors (Lipinski definition) is 4. The molecule has 6 heteroatoms. The standard InChI is InChI=1S/C22H34N2O4/c1-5-7-8-9-10-11-19(26)24(17-12-13-17)14-18(25)20-15(3)21(23-16(20)4)22(27)28-6-2/h17,23H,5-14H2,1-4H3. The summed E-state index contributed by atoms with van der Waals surface area (Å²) in [4.78, 5) is 42.5. The average molecular weight is 391 g/mol. The van der Waals surface area contributed by atoms with Gasteiger partial charge in [0.05, 0.1) is 13.2 Å². The summed E-state index contributed by atoms with van der Waals surface area (Å²) < 4.78 is 5.05. The monoisotopic (exact) mass is 390 g/mol. The molecule has 1 aliphatic rings. The summed E-state index contributed by atoms with van der Waals surface area (Å²) in [5, 5.41) is 0. The molecule has 28 heavy (non-hydrogen) atoms. The first-order chi connectivity index (χ1) is 13.4. The molecular formula is C22H34N2O4. The van der Waals surface area contributed by atoms with E-state index in [0.29, 0.717) is 28.9 Å². The van der Waals surface area contributed by atoms with Crippen LogP contribution in [0.1, 0.15) is 97.3 Å². The van der Waals surface area contributed by atoms with Gasteiger partial charge in [0.15, 0.2) is 5.78 Å². The number of ketones is 1. The molecule has 1 aromatic heterocycles. The highest BCUT2D eigenvalue weighted by molar-refractivity contribution is 6.04. The number of Topliss-reactive ketones (excluding diaryl/α,β-unsaturated/α-hetero) is 1. The number of hydrogen-bond donors (Lipinski definition) is 1. The first kappa shape index (κ1) is 22.2. The number of carbonyl (C=O) groups excluding carboxylic acids is 3. The fourth-order valence-corrected chi connectivity index (χ4v) is 3.64. The van der Waals surface area contributed by atoms with Crippen LogP contribution in [0.2, 0.25) is 0 Å². The molecule has 0 saturated heterocycles. The van der Waals surface area contributed by atoms with E-state index in [1.165, 1.54) is 12.8 Å². The van der Waals surface area contributed by atoms with Crippen LogP contribution in [-0.4, -0.2) is 46.7 Å². The fraction of sp³-hybridized carbons (Fsp3) is 0.682. The van der Waals surface area contributed by atoms with Crippen molar-refractivity contribution in [3.8, 4) is 0 Å². The van der Waals surface area contributed by atoms with E-state index in [2.05, 4.69) is 11.9 Å². The van der Waals surface area contributed by atoms with Gasteiger partial charge in [0.25, 0.3) is 0 Å². The van der Waals surface area contributed by atoms with Crippen molar-refractivity contribution in [2.75, 3.05) is 13.2 Å². The third-order valence-electron chi connectivity index (χ3n) is 5.31. The maximum Gasteiger partial charge on any atom is 0.355 e. The first-order valence-corrected chi connectivity index (χ1v) is 10.6. The highest BCUT2D eigenvalue weighted by Gasteiger charge is 2.34. The predicted molar refractivity (Wildman–Crippen MR) is 109 cm³/mol. The number of amides is 1. The van der Waals surface area contributed by atoms with Crippen LogP contribution in [-0.2, 0) is 9.53 Å². The molecule has 0 radical (unpaired) electrons. The number of nitrogens with one attached hydrogen (secondary N) is 1. The lowest BCUT2D eigenvalue weighted by molar-refractivity contribution is -0.131. The van der Waals surface area contributed by atoms with Crippen LogP contribution in [0.3, 0.4) is 0 Å². The second-order valence-corrected chi connectivity index (χ2v) is 7.69. The Morgan fingerprint density at radius 3 is 2.36 bits per heavy atom. The van der Waals surface area contributed by atoms with Gasteiger partial charge in [0.2, 0.25) is 5.91 Å². The van der Waals surface area contributed by atoms with E-state index in [4.69, 9.17) is 4.74 Å². The van der Waals surface area contributed by atoms with Crippen LogP contribution in [0.5, 0.6) is 0 Å². The van der Waals surface area contributed by atoms with Gasteiger partial charge in [-0.15, -0.1) is 0 Å². The fourth-order valence-electron chi connectivity index (χ4n) is 3.64. The quantitative estimate of drug-likeness (QED) is 0.327. The Morgan fingerprint density at radius 2 is 1.75 bits per heavy atom. The summed E-state index contributed by atoms with van der Waals surface area (Å²) in [5.41, 5.74) is 2.07. The first-order valence-electron chi connectivity index (χ1n) is 10.6. The number of aromatic nitrogens is 1. The summed E-state index contributed by atoms with van der Waals surface area (Å²) in [7, 11) is 0. The van der Waals surface area contributed by atoms with Crippen molar-refractivity contribution in [3.63, 3.8) is 0 Å². The topological polar surface area (TPSA) is 79.5 Å². The SMILES string of the molecule is CCCCCCCC(=O)N(CC(=O)c1c(C)[nH]c(C(=O)OCC)c1C)C1CC1. The minimum absolute atomic E-state index is 0.0730. The van der Waals surface area contributed by atoms with Gasteiger partial charge in [-0.05, 0) is 45.6 Å². The lowest BCUT2D eigenvalue weighted by Crippen LogP contribution is -2.37. The maximum atomic E-state index is 13.0.